The number of hydrogen-bond acceptors (Lipinski definition) is 4. The Labute approximate surface area is 180 Å². The number of ether oxygens (including phenoxy) is 2. The maximum absolute atomic E-state index is 14.5. The third-order valence-corrected chi connectivity index (χ3v) is 4.54. The van der Waals surface area contributed by atoms with Crippen molar-refractivity contribution < 1.29 is 18.7 Å². The number of hydrogen-bond donors (Lipinski definition) is 1. The Morgan fingerprint density at radius 3 is 2.77 bits per heavy atom. The molecular formula is C24H24FN3O3. The first kappa shape index (κ1) is 21.8. The summed E-state index contributed by atoms with van der Waals surface area (Å²) in [5.74, 6) is 1.19. The van der Waals surface area contributed by atoms with Crippen molar-refractivity contribution >= 4 is 12.0 Å². The zero-order valence-electron chi connectivity index (χ0n) is 17.5. The number of carbonyl (C=O) groups excluding carboxylic acids is 1. The fourth-order valence-electron chi connectivity index (χ4n) is 2.96. The van der Waals surface area contributed by atoms with Crippen LogP contribution in [0, 0.1) is 12.7 Å². The van der Waals surface area contributed by atoms with Crippen LogP contribution < -0.4 is 14.8 Å². The first-order valence-corrected chi connectivity index (χ1v) is 9.68. The summed E-state index contributed by atoms with van der Waals surface area (Å²) >= 11 is 0. The zero-order valence-corrected chi connectivity index (χ0v) is 17.5. The van der Waals surface area contributed by atoms with Crippen LogP contribution in [0.25, 0.3) is 11.8 Å². The standard InChI is InChI=1S/C24H24FN3O3/c1-4-13-31-22-9-6-18(15-23(22)30-3)7-10-24(29)27-16-19-5-8-21(20(25)14-19)28-12-11-26-17(28)2/h4-12,14-15H,1,13,16H2,2-3H3,(H,27,29)/b10-7+. The number of methoxy groups -OCH3 is 1. The number of amides is 1. The molecule has 0 bridgehead atoms. The predicted molar refractivity (Wildman–Crippen MR) is 118 cm³/mol. The molecular weight excluding hydrogens is 397 g/mol. The molecule has 1 heterocycles. The molecule has 1 N–H and O–H groups in total. The number of carbonyl (C=O) groups is 1. The van der Waals surface area contributed by atoms with Crippen LogP contribution >= 0.6 is 0 Å². The van der Waals surface area contributed by atoms with E-state index in [0.717, 1.165) is 5.56 Å². The van der Waals surface area contributed by atoms with E-state index >= 15 is 0 Å². The molecule has 0 radical (unpaired) electrons. The van der Waals surface area contributed by atoms with Gasteiger partial charge in [0, 0.05) is 25.0 Å². The molecule has 1 aromatic heterocycles. The van der Waals surface area contributed by atoms with Crippen molar-refractivity contribution in [2.75, 3.05) is 13.7 Å². The molecule has 1 amide bonds. The lowest BCUT2D eigenvalue weighted by Gasteiger charge is -2.10. The highest BCUT2D eigenvalue weighted by molar-refractivity contribution is 5.91. The van der Waals surface area contributed by atoms with Crippen LogP contribution in [0.1, 0.15) is 17.0 Å². The van der Waals surface area contributed by atoms with E-state index in [2.05, 4.69) is 16.9 Å². The molecule has 0 spiro atoms. The van der Waals surface area contributed by atoms with Crippen LogP contribution in [0.15, 0.2) is 67.5 Å². The highest BCUT2D eigenvalue weighted by Crippen LogP contribution is 2.28. The van der Waals surface area contributed by atoms with Gasteiger partial charge in [0.2, 0.25) is 5.91 Å². The van der Waals surface area contributed by atoms with Crippen molar-refractivity contribution in [3.05, 3.63) is 90.3 Å². The van der Waals surface area contributed by atoms with Crippen LogP contribution in [-0.4, -0.2) is 29.2 Å². The maximum atomic E-state index is 14.5. The Kier molecular flexibility index (Phi) is 7.22. The van der Waals surface area contributed by atoms with Gasteiger partial charge in [0.25, 0.3) is 0 Å². The second-order valence-corrected chi connectivity index (χ2v) is 6.69. The first-order valence-electron chi connectivity index (χ1n) is 9.68. The van der Waals surface area contributed by atoms with E-state index in [9.17, 15) is 9.18 Å². The number of aromatic nitrogens is 2. The van der Waals surface area contributed by atoms with Gasteiger partial charge < -0.3 is 19.4 Å². The van der Waals surface area contributed by atoms with Gasteiger partial charge in [-0.25, -0.2) is 9.37 Å². The third kappa shape index (κ3) is 5.60. The van der Waals surface area contributed by atoms with E-state index in [1.807, 2.05) is 6.07 Å². The van der Waals surface area contributed by atoms with Gasteiger partial charge in [0.1, 0.15) is 18.2 Å². The molecule has 0 aliphatic rings. The molecule has 0 unspecified atom stereocenters. The lowest BCUT2D eigenvalue weighted by molar-refractivity contribution is -0.116. The number of rotatable bonds is 9. The molecule has 0 saturated heterocycles. The van der Waals surface area contributed by atoms with Crippen molar-refractivity contribution in [3.8, 4) is 17.2 Å². The Bertz CT molecular complexity index is 1110. The SMILES string of the molecule is C=CCOc1ccc(/C=C/C(=O)NCc2ccc(-n3ccnc3C)c(F)c2)cc1OC. The Hall–Kier alpha value is -3.87. The number of nitrogens with zero attached hydrogens (tertiary/aromatic N) is 2. The Morgan fingerprint density at radius 1 is 1.26 bits per heavy atom. The fraction of sp³-hybridized carbons (Fsp3) is 0.167. The number of nitrogens with one attached hydrogen (secondary N) is 1. The Balaban J connectivity index is 1.60. The van der Waals surface area contributed by atoms with Gasteiger partial charge in [-0.2, -0.15) is 0 Å². The number of aryl methyl sites for hydroxylation is 1. The van der Waals surface area contributed by atoms with Crippen LogP contribution in [-0.2, 0) is 11.3 Å². The summed E-state index contributed by atoms with van der Waals surface area (Å²) in [6.07, 6.45) is 8.05. The minimum Gasteiger partial charge on any atom is -0.493 e. The van der Waals surface area contributed by atoms with E-state index < -0.39 is 0 Å². The van der Waals surface area contributed by atoms with Crippen LogP contribution in [0.2, 0.25) is 0 Å². The average Bonchev–Trinajstić information content (AvgIpc) is 3.20. The van der Waals surface area contributed by atoms with Gasteiger partial charge in [-0.15, -0.1) is 0 Å². The van der Waals surface area contributed by atoms with Crippen molar-refractivity contribution in [3.63, 3.8) is 0 Å². The molecule has 0 saturated carbocycles. The van der Waals surface area contributed by atoms with E-state index in [1.165, 1.54) is 12.1 Å². The Morgan fingerprint density at radius 2 is 2.10 bits per heavy atom. The lowest BCUT2D eigenvalue weighted by atomic mass is 10.1. The van der Waals surface area contributed by atoms with E-state index in [1.54, 1.807) is 67.4 Å². The zero-order chi connectivity index (χ0) is 22.2. The number of halogens is 1. The maximum Gasteiger partial charge on any atom is 0.244 e. The third-order valence-electron chi connectivity index (χ3n) is 4.54. The van der Waals surface area contributed by atoms with Crippen molar-refractivity contribution in [1.29, 1.82) is 0 Å². The summed E-state index contributed by atoms with van der Waals surface area (Å²) in [5, 5.41) is 2.75. The monoisotopic (exact) mass is 421 g/mol. The van der Waals surface area contributed by atoms with Gasteiger partial charge >= 0.3 is 0 Å². The highest BCUT2D eigenvalue weighted by atomic mass is 19.1. The second kappa shape index (κ2) is 10.2. The number of imidazole rings is 1. The van der Waals surface area contributed by atoms with Gasteiger partial charge in [-0.1, -0.05) is 24.8 Å². The summed E-state index contributed by atoms with van der Waals surface area (Å²) in [5.41, 5.74) is 1.86. The molecule has 0 fully saturated rings. The number of benzene rings is 2. The molecule has 6 nitrogen and oxygen atoms in total. The van der Waals surface area contributed by atoms with Crippen LogP contribution in [0.3, 0.4) is 0 Å². The van der Waals surface area contributed by atoms with Crippen molar-refractivity contribution in [2.45, 2.75) is 13.5 Å². The van der Waals surface area contributed by atoms with Gasteiger partial charge in [-0.05, 0) is 48.4 Å². The molecule has 0 atom stereocenters. The molecule has 31 heavy (non-hydrogen) atoms. The molecule has 2 aromatic carbocycles. The van der Waals surface area contributed by atoms with Gasteiger partial charge in [0.05, 0.1) is 12.8 Å². The normalized spacial score (nSPS) is 10.8. The van der Waals surface area contributed by atoms with E-state index in [-0.39, 0.29) is 18.3 Å². The largest absolute Gasteiger partial charge is 0.493 e. The fourth-order valence-corrected chi connectivity index (χ4v) is 2.96. The minimum absolute atomic E-state index is 0.209. The molecule has 160 valence electrons. The van der Waals surface area contributed by atoms with Crippen molar-refractivity contribution in [2.24, 2.45) is 0 Å². The molecule has 3 aromatic rings. The predicted octanol–water partition coefficient (Wildman–Crippen LogP) is 4.22. The van der Waals surface area contributed by atoms with Gasteiger partial charge in [-0.3, -0.25) is 4.79 Å². The smallest absolute Gasteiger partial charge is 0.244 e. The summed E-state index contributed by atoms with van der Waals surface area (Å²) in [6.45, 7) is 6.00. The average molecular weight is 421 g/mol. The minimum atomic E-state index is -0.380. The van der Waals surface area contributed by atoms with E-state index in [4.69, 9.17) is 9.47 Å². The molecule has 0 aliphatic carbocycles. The van der Waals surface area contributed by atoms with Crippen molar-refractivity contribution in [1.82, 2.24) is 14.9 Å². The lowest BCUT2D eigenvalue weighted by Crippen LogP contribution is -2.20. The molecule has 7 heteroatoms. The summed E-state index contributed by atoms with van der Waals surface area (Å²) in [7, 11) is 1.55. The summed E-state index contributed by atoms with van der Waals surface area (Å²) < 4.78 is 27.0. The summed E-state index contributed by atoms with van der Waals surface area (Å²) in [6, 6.07) is 10.2. The quantitative estimate of drug-likeness (QED) is 0.415. The highest BCUT2D eigenvalue weighted by Gasteiger charge is 2.08. The van der Waals surface area contributed by atoms with Crippen LogP contribution in [0.5, 0.6) is 11.5 Å². The second-order valence-electron chi connectivity index (χ2n) is 6.69. The van der Waals surface area contributed by atoms with E-state index in [0.29, 0.717) is 35.2 Å². The topological polar surface area (TPSA) is 65.4 Å². The molecule has 3 rings (SSSR count). The summed E-state index contributed by atoms with van der Waals surface area (Å²) in [4.78, 5) is 16.3. The molecule has 0 aliphatic heterocycles. The van der Waals surface area contributed by atoms with Gasteiger partial charge in [0.15, 0.2) is 11.5 Å². The first-order chi connectivity index (χ1) is 15.0. The van der Waals surface area contributed by atoms with Crippen LogP contribution in [0.4, 0.5) is 4.39 Å².